The third-order valence-corrected chi connectivity index (χ3v) is 3.47. The van der Waals surface area contributed by atoms with Gasteiger partial charge in [-0.15, -0.1) is 0 Å². The van der Waals surface area contributed by atoms with Crippen LogP contribution < -0.4 is 5.32 Å². The van der Waals surface area contributed by atoms with Crippen LogP contribution in [-0.4, -0.2) is 24.8 Å². The topological polar surface area (TPSA) is 32.3 Å². The fraction of sp³-hybridized carbons (Fsp3) is 1.00. The van der Waals surface area contributed by atoms with E-state index in [-0.39, 0.29) is 0 Å². The van der Waals surface area contributed by atoms with Crippen LogP contribution in [0.4, 0.5) is 0 Å². The van der Waals surface area contributed by atoms with E-state index in [2.05, 4.69) is 12.2 Å². The number of hydrogen-bond acceptors (Lipinski definition) is 2. The van der Waals surface area contributed by atoms with Gasteiger partial charge in [0.15, 0.2) is 0 Å². The molecular weight excluding hydrogens is 222 g/mol. The summed E-state index contributed by atoms with van der Waals surface area (Å²) >= 11 is 0. The third kappa shape index (κ3) is 15.9. The highest BCUT2D eigenvalue weighted by atomic mass is 16.3. The van der Waals surface area contributed by atoms with Crippen molar-refractivity contribution in [2.24, 2.45) is 0 Å². The number of rotatable bonds is 15. The summed E-state index contributed by atoms with van der Waals surface area (Å²) in [5.74, 6) is 0. The maximum Gasteiger partial charge on any atom is 0.0443 e. The second kappa shape index (κ2) is 16.9. The number of aliphatic hydroxyl groups is 1. The minimum absolute atomic E-state index is 0.311. The largest absolute Gasteiger partial charge is 0.396 e. The maximum atomic E-state index is 8.62. The molecule has 0 rings (SSSR count). The second-order valence-corrected chi connectivity index (χ2v) is 5.36. The van der Waals surface area contributed by atoms with Crippen LogP contribution in [0.2, 0.25) is 0 Å². The molecule has 0 saturated carbocycles. The van der Waals surface area contributed by atoms with Crippen LogP contribution in [0, 0.1) is 0 Å². The highest BCUT2D eigenvalue weighted by molar-refractivity contribution is 4.50. The van der Waals surface area contributed by atoms with E-state index in [0.29, 0.717) is 6.61 Å². The van der Waals surface area contributed by atoms with E-state index in [9.17, 15) is 0 Å². The Bertz CT molecular complexity index is 123. The summed E-state index contributed by atoms with van der Waals surface area (Å²) in [6, 6.07) is 0. The van der Waals surface area contributed by atoms with Crippen molar-refractivity contribution < 1.29 is 5.11 Å². The van der Waals surface area contributed by atoms with Crippen molar-refractivity contribution in [3.8, 4) is 0 Å². The van der Waals surface area contributed by atoms with E-state index in [0.717, 1.165) is 19.5 Å². The average molecular weight is 257 g/mol. The minimum Gasteiger partial charge on any atom is -0.396 e. The van der Waals surface area contributed by atoms with Crippen LogP contribution in [-0.2, 0) is 0 Å². The molecular formula is C16H35NO. The number of nitrogens with one attached hydrogen (secondary N) is 1. The fourth-order valence-electron chi connectivity index (χ4n) is 2.24. The number of hydrogen-bond donors (Lipinski definition) is 2. The van der Waals surface area contributed by atoms with Crippen molar-refractivity contribution in [3.05, 3.63) is 0 Å². The van der Waals surface area contributed by atoms with Gasteiger partial charge in [0.05, 0.1) is 0 Å². The zero-order valence-corrected chi connectivity index (χ0v) is 12.6. The molecule has 2 N–H and O–H groups in total. The van der Waals surface area contributed by atoms with Crippen molar-refractivity contribution in [1.82, 2.24) is 5.32 Å². The van der Waals surface area contributed by atoms with Crippen molar-refractivity contribution in [2.45, 2.75) is 84.0 Å². The molecule has 0 fully saturated rings. The molecule has 0 amide bonds. The first-order valence-corrected chi connectivity index (χ1v) is 8.23. The van der Waals surface area contributed by atoms with E-state index in [4.69, 9.17) is 5.11 Å². The zero-order chi connectivity index (χ0) is 13.3. The Hall–Kier alpha value is -0.0800. The molecule has 0 aliphatic carbocycles. The van der Waals surface area contributed by atoms with Gasteiger partial charge in [-0.3, -0.25) is 0 Å². The third-order valence-electron chi connectivity index (χ3n) is 3.47. The monoisotopic (exact) mass is 257 g/mol. The van der Waals surface area contributed by atoms with Gasteiger partial charge in [-0.05, 0) is 25.9 Å². The van der Waals surface area contributed by atoms with Gasteiger partial charge in [0.1, 0.15) is 0 Å². The predicted molar refractivity (Wildman–Crippen MR) is 81.0 cm³/mol. The van der Waals surface area contributed by atoms with Crippen LogP contribution in [0.3, 0.4) is 0 Å². The molecule has 18 heavy (non-hydrogen) atoms. The van der Waals surface area contributed by atoms with Gasteiger partial charge in [-0.25, -0.2) is 0 Å². The van der Waals surface area contributed by atoms with Crippen molar-refractivity contribution in [2.75, 3.05) is 19.7 Å². The van der Waals surface area contributed by atoms with Crippen molar-refractivity contribution >= 4 is 0 Å². The number of aliphatic hydroxyl groups excluding tert-OH is 1. The van der Waals surface area contributed by atoms with Gasteiger partial charge in [-0.2, -0.15) is 0 Å². The standard InChI is InChI=1S/C16H35NO/c1-2-3-4-5-6-7-8-9-10-11-12-14-17-15-13-16-18/h17-18H,2-16H2,1H3. The molecule has 0 aliphatic rings. The molecule has 0 aliphatic heterocycles. The lowest BCUT2D eigenvalue weighted by Gasteiger charge is -2.04. The molecule has 0 aromatic heterocycles. The molecule has 0 aromatic carbocycles. The van der Waals surface area contributed by atoms with Gasteiger partial charge in [0, 0.05) is 6.61 Å². The van der Waals surface area contributed by atoms with E-state index >= 15 is 0 Å². The van der Waals surface area contributed by atoms with Gasteiger partial charge in [0.2, 0.25) is 0 Å². The lowest BCUT2D eigenvalue weighted by molar-refractivity contribution is 0.286. The summed E-state index contributed by atoms with van der Waals surface area (Å²) in [7, 11) is 0. The predicted octanol–water partition coefficient (Wildman–Crippen LogP) is 4.27. The Morgan fingerprint density at radius 3 is 1.56 bits per heavy atom. The van der Waals surface area contributed by atoms with Crippen LogP contribution >= 0.6 is 0 Å². The van der Waals surface area contributed by atoms with Crippen LogP contribution in [0.25, 0.3) is 0 Å². The van der Waals surface area contributed by atoms with Gasteiger partial charge < -0.3 is 10.4 Å². The van der Waals surface area contributed by atoms with E-state index in [1.54, 1.807) is 0 Å². The Labute approximate surface area is 115 Å². The lowest BCUT2D eigenvalue weighted by Crippen LogP contribution is -2.17. The summed E-state index contributed by atoms with van der Waals surface area (Å²) in [4.78, 5) is 0. The Morgan fingerprint density at radius 2 is 1.06 bits per heavy atom. The minimum atomic E-state index is 0.311. The molecule has 0 bridgehead atoms. The quantitative estimate of drug-likeness (QED) is 0.429. The van der Waals surface area contributed by atoms with E-state index < -0.39 is 0 Å². The normalized spacial score (nSPS) is 11.0. The maximum absolute atomic E-state index is 8.62. The zero-order valence-electron chi connectivity index (χ0n) is 12.6. The molecule has 0 heterocycles. The van der Waals surface area contributed by atoms with Crippen molar-refractivity contribution in [1.29, 1.82) is 0 Å². The van der Waals surface area contributed by atoms with E-state index in [1.165, 1.54) is 70.6 Å². The van der Waals surface area contributed by atoms with Crippen LogP contribution in [0.15, 0.2) is 0 Å². The van der Waals surface area contributed by atoms with Crippen LogP contribution in [0.5, 0.6) is 0 Å². The molecule has 0 saturated heterocycles. The summed E-state index contributed by atoms with van der Waals surface area (Å²) < 4.78 is 0. The smallest absolute Gasteiger partial charge is 0.0443 e. The van der Waals surface area contributed by atoms with E-state index in [1.807, 2.05) is 0 Å². The second-order valence-electron chi connectivity index (χ2n) is 5.36. The molecule has 0 radical (unpaired) electrons. The highest BCUT2D eigenvalue weighted by Crippen LogP contribution is 2.10. The molecule has 0 spiro atoms. The summed E-state index contributed by atoms with van der Waals surface area (Å²) in [6.45, 7) is 4.68. The molecule has 2 heteroatoms. The lowest BCUT2D eigenvalue weighted by atomic mass is 10.1. The first-order valence-electron chi connectivity index (χ1n) is 8.23. The molecule has 2 nitrogen and oxygen atoms in total. The molecule has 110 valence electrons. The van der Waals surface area contributed by atoms with Crippen LogP contribution in [0.1, 0.15) is 84.0 Å². The molecule has 0 unspecified atom stereocenters. The SMILES string of the molecule is CCCCCCCCCCCCCNCCCO. The Kier molecular flexibility index (Phi) is 16.8. The summed E-state index contributed by atoms with van der Waals surface area (Å²) in [6.07, 6.45) is 16.3. The first kappa shape index (κ1) is 17.9. The number of unbranched alkanes of at least 4 members (excludes halogenated alkanes) is 10. The summed E-state index contributed by atoms with van der Waals surface area (Å²) in [5, 5.41) is 12.0. The first-order chi connectivity index (χ1) is 8.91. The summed E-state index contributed by atoms with van der Waals surface area (Å²) in [5.41, 5.74) is 0. The Morgan fingerprint density at radius 1 is 0.611 bits per heavy atom. The van der Waals surface area contributed by atoms with Gasteiger partial charge >= 0.3 is 0 Å². The Balaban J connectivity index is 2.86. The van der Waals surface area contributed by atoms with Gasteiger partial charge in [0.25, 0.3) is 0 Å². The van der Waals surface area contributed by atoms with Crippen molar-refractivity contribution in [3.63, 3.8) is 0 Å². The molecule has 0 atom stereocenters. The fourth-order valence-corrected chi connectivity index (χ4v) is 2.24. The highest BCUT2D eigenvalue weighted by Gasteiger charge is 1.93. The average Bonchev–Trinajstić information content (AvgIpc) is 2.39. The van der Waals surface area contributed by atoms with Gasteiger partial charge in [-0.1, -0.05) is 71.1 Å². The molecule has 0 aromatic rings.